The first kappa shape index (κ1) is 16.5. The highest BCUT2D eigenvalue weighted by molar-refractivity contribution is 5.80. The maximum absolute atomic E-state index is 12.6. The second-order valence-corrected chi connectivity index (χ2v) is 7.51. The second kappa shape index (κ2) is 7.48. The molecule has 1 aliphatic heterocycles. The third-order valence-electron chi connectivity index (χ3n) is 6.05. The Morgan fingerprint density at radius 2 is 1.74 bits per heavy atom. The molecule has 1 saturated heterocycles. The zero-order valence-corrected chi connectivity index (χ0v) is 14.4. The Morgan fingerprint density at radius 1 is 1.09 bits per heavy atom. The molecule has 23 heavy (non-hydrogen) atoms. The minimum atomic E-state index is 0.0875. The van der Waals surface area contributed by atoms with E-state index in [0.717, 1.165) is 19.6 Å². The minimum Gasteiger partial charge on any atom is -0.350 e. The maximum atomic E-state index is 12.6. The fourth-order valence-corrected chi connectivity index (χ4v) is 4.44. The molecule has 2 N–H and O–H groups in total. The fraction of sp³-hybridized carbons (Fsp3) is 0.650. The zero-order valence-electron chi connectivity index (χ0n) is 14.4. The van der Waals surface area contributed by atoms with E-state index in [0.29, 0.717) is 0 Å². The van der Waals surface area contributed by atoms with Gasteiger partial charge in [-0.15, -0.1) is 0 Å². The molecule has 1 unspecified atom stereocenters. The molecule has 3 nitrogen and oxygen atoms in total. The van der Waals surface area contributed by atoms with Crippen LogP contribution in [0.25, 0.3) is 0 Å². The van der Waals surface area contributed by atoms with E-state index in [9.17, 15) is 4.79 Å². The average molecular weight is 315 g/mol. The van der Waals surface area contributed by atoms with Gasteiger partial charge in [-0.25, -0.2) is 0 Å². The van der Waals surface area contributed by atoms with Crippen molar-refractivity contribution < 1.29 is 9.69 Å². The number of hydrogen-bond acceptors (Lipinski definition) is 1. The number of piperidine rings is 1. The van der Waals surface area contributed by atoms with Crippen LogP contribution in [0.2, 0.25) is 0 Å². The Balaban J connectivity index is 1.62. The van der Waals surface area contributed by atoms with Gasteiger partial charge in [-0.3, -0.25) is 4.79 Å². The van der Waals surface area contributed by atoms with Crippen LogP contribution in [0.1, 0.15) is 57.4 Å². The number of rotatable bonds is 5. The first-order valence-corrected chi connectivity index (χ1v) is 9.39. The Kier molecular flexibility index (Phi) is 5.37. The van der Waals surface area contributed by atoms with E-state index in [-0.39, 0.29) is 17.4 Å². The van der Waals surface area contributed by atoms with Crippen LogP contribution in [0.3, 0.4) is 0 Å². The van der Waals surface area contributed by atoms with Gasteiger partial charge in [0.25, 0.3) is 5.91 Å². The summed E-state index contributed by atoms with van der Waals surface area (Å²) in [6.45, 7) is 5.20. The highest BCUT2D eigenvalue weighted by atomic mass is 16.2. The topological polar surface area (TPSA) is 33.5 Å². The van der Waals surface area contributed by atoms with Crippen LogP contribution >= 0.6 is 0 Å². The van der Waals surface area contributed by atoms with Crippen molar-refractivity contribution in [3.63, 3.8) is 0 Å². The van der Waals surface area contributed by atoms with Gasteiger partial charge in [-0.05, 0) is 44.6 Å². The largest absolute Gasteiger partial charge is 0.350 e. The molecule has 0 bridgehead atoms. The van der Waals surface area contributed by atoms with E-state index in [1.54, 1.807) is 0 Å². The molecule has 1 heterocycles. The molecule has 0 radical (unpaired) electrons. The van der Waals surface area contributed by atoms with Crippen molar-refractivity contribution in [1.29, 1.82) is 0 Å². The quantitative estimate of drug-likeness (QED) is 0.857. The molecule has 126 valence electrons. The van der Waals surface area contributed by atoms with Crippen molar-refractivity contribution in [3.8, 4) is 0 Å². The highest BCUT2D eigenvalue weighted by Crippen LogP contribution is 2.40. The van der Waals surface area contributed by atoms with Crippen LogP contribution in [0.4, 0.5) is 0 Å². The summed E-state index contributed by atoms with van der Waals surface area (Å²) in [5.74, 6) is 0.240. The molecule has 1 aliphatic carbocycles. The van der Waals surface area contributed by atoms with Crippen LogP contribution in [0, 0.1) is 0 Å². The van der Waals surface area contributed by atoms with E-state index in [2.05, 4.69) is 42.6 Å². The van der Waals surface area contributed by atoms with Gasteiger partial charge in [0, 0.05) is 12.0 Å². The molecule has 3 heteroatoms. The Bertz CT molecular complexity index is 502. The number of likely N-dealkylation sites (tertiary alicyclic amines) is 1. The maximum Gasteiger partial charge on any atom is 0.278 e. The van der Waals surface area contributed by atoms with Gasteiger partial charge in [0.15, 0.2) is 6.04 Å². The van der Waals surface area contributed by atoms with Crippen molar-refractivity contribution in [3.05, 3.63) is 35.9 Å². The van der Waals surface area contributed by atoms with Crippen LogP contribution in [-0.2, 0) is 10.2 Å². The highest BCUT2D eigenvalue weighted by Gasteiger charge is 2.37. The van der Waals surface area contributed by atoms with Crippen molar-refractivity contribution in [1.82, 2.24) is 5.32 Å². The van der Waals surface area contributed by atoms with Crippen molar-refractivity contribution in [2.24, 2.45) is 0 Å². The standard InChI is InChI=1S/C20H30N2O/c1-17(22-14-8-3-9-15-22)19(23)21-16-20(12-6-7-13-20)18-10-4-2-5-11-18/h2,4-5,10-11,17H,3,6-9,12-16H2,1H3,(H,21,23)/p+1. The van der Waals surface area contributed by atoms with Crippen LogP contribution in [0.5, 0.6) is 0 Å². The van der Waals surface area contributed by atoms with E-state index in [1.165, 1.54) is 55.4 Å². The molecule has 1 aromatic rings. The normalized spacial score (nSPS) is 22.7. The molecule has 1 amide bonds. The molecule has 3 rings (SSSR count). The number of carbonyl (C=O) groups is 1. The molecular formula is C20H31N2O+. The summed E-state index contributed by atoms with van der Waals surface area (Å²) in [5, 5.41) is 3.30. The smallest absolute Gasteiger partial charge is 0.278 e. The predicted molar refractivity (Wildman–Crippen MR) is 93.6 cm³/mol. The van der Waals surface area contributed by atoms with Crippen molar-refractivity contribution >= 4 is 5.91 Å². The number of carbonyl (C=O) groups excluding carboxylic acids is 1. The average Bonchev–Trinajstić information content (AvgIpc) is 3.11. The molecule has 2 fully saturated rings. The van der Waals surface area contributed by atoms with Crippen LogP contribution in [-0.4, -0.2) is 31.6 Å². The zero-order chi connectivity index (χ0) is 16.1. The lowest BCUT2D eigenvalue weighted by atomic mass is 9.79. The lowest BCUT2D eigenvalue weighted by Crippen LogP contribution is -3.17. The van der Waals surface area contributed by atoms with Gasteiger partial charge in [-0.1, -0.05) is 43.2 Å². The molecule has 1 aromatic carbocycles. The Hall–Kier alpha value is -1.35. The molecule has 1 atom stereocenters. The van der Waals surface area contributed by atoms with E-state index >= 15 is 0 Å². The first-order chi connectivity index (χ1) is 11.2. The number of benzene rings is 1. The minimum absolute atomic E-state index is 0.0875. The van der Waals surface area contributed by atoms with E-state index < -0.39 is 0 Å². The molecule has 0 spiro atoms. The van der Waals surface area contributed by atoms with Gasteiger partial charge in [0.05, 0.1) is 13.1 Å². The molecular weight excluding hydrogens is 284 g/mol. The summed E-state index contributed by atoms with van der Waals surface area (Å²) >= 11 is 0. The van der Waals surface area contributed by atoms with Crippen LogP contribution < -0.4 is 10.2 Å². The number of nitrogens with one attached hydrogen (secondary N) is 2. The first-order valence-electron chi connectivity index (χ1n) is 9.39. The Labute approximate surface area is 140 Å². The monoisotopic (exact) mass is 315 g/mol. The summed E-state index contributed by atoms with van der Waals surface area (Å²) < 4.78 is 0. The second-order valence-electron chi connectivity index (χ2n) is 7.51. The third kappa shape index (κ3) is 3.77. The molecule has 1 saturated carbocycles. The summed E-state index contributed by atoms with van der Waals surface area (Å²) in [6.07, 6.45) is 8.80. The lowest BCUT2D eigenvalue weighted by Gasteiger charge is -2.32. The number of amides is 1. The van der Waals surface area contributed by atoms with E-state index in [1.807, 2.05) is 0 Å². The summed E-state index contributed by atoms with van der Waals surface area (Å²) in [7, 11) is 0. The predicted octanol–water partition coefficient (Wildman–Crippen LogP) is 2.07. The van der Waals surface area contributed by atoms with Gasteiger partial charge in [0.1, 0.15) is 0 Å². The van der Waals surface area contributed by atoms with E-state index in [4.69, 9.17) is 0 Å². The summed E-state index contributed by atoms with van der Waals surface area (Å²) in [4.78, 5) is 14.1. The lowest BCUT2D eigenvalue weighted by molar-refractivity contribution is -0.918. The van der Waals surface area contributed by atoms with Gasteiger partial charge >= 0.3 is 0 Å². The molecule has 2 aliphatic rings. The Morgan fingerprint density at radius 3 is 2.39 bits per heavy atom. The molecule has 0 aromatic heterocycles. The summed E-state index contributed by atoms with van der Waals surface area (Å²) in [6, 6.07) is 10.9. The SMILES string of the molecule is CC(C(=O)NCC1(c2ccccc2)CCCC1)[NH+]1CCCCC1. The van der Waals surface area contributed by atoms with Gasteiger partial charge in [-0.2, -0.15) is 0 Å². The number of quaternary nitrogens is 1. The van der Waals surface area contributed by atoms with Crippen LogP contribution in [0.15, 0.2) is 30.3 Å². The van der Waals surface area contributed by atoms with Crippen molar-refractivity contribution in [2.75, 3.05) is 19.6 Å². The van der Waals surface area contributed by atoms with Gasteiger partial charge in [0.2, 0.25) is 0 Å². The third-order valence-corrected chi connectivity index (χ3v) is 6.05. The fourth-order valence-electron chi connectivity index (χ4n) is 4.44. The number of hydrogen-bond donors (Lipinski definition) is 2. The van der Waals surface area contributed by atoms with Crippen molar-refractivity contribution in [2.45, 2.75) is 63.3 Å². The summed E-state index contributed by atoms with van der Waals surface area (Å²) in [5.41, 5.74) is 1.56. The van der Waals surface area contributed by atoms with Gasteiger partial charge < -0.3 is 10.2 Å².